The first kappa shape index (κ1) is 16.5. The molecule has 0 saturated carbocycles. The van der Waals surface area contributed by atoms with Crippen LogP contribution >= 0.6 is 0 Å². The van der Waals surface area contributed by atoms with Crippen LogP contribution in [-0.2, 0) is 19.7 Å². The molecule has 0 aliphatic carbocycles. The van der Waals surface area contributed by atoms with Crippen molar-refractivity contribution in [2.45, 2.75) is 44.1 Å². The number of ether oxygens (including phenoxy) is 2. The third-order valence-electron chi connectivity index (χ3n) is 5.35. The quantitative estimate of drug-likeness (QED) is 0.866. The molecule has 2 aliphatic rings. The zero-order valence-corrected chi connectivity index (χ0v) is 13.9. The molecule has 2 aliphatic heterocycles. The summed E-state index contributed by atoms with van der Waals surface area (Å²) in [5.41, 5.74) is 0.640. The van der Waals surface area contributed by atoms with Crippen LogP contribution in [0.15, 0.2) is 30.3 Å². The van der Waals surface area contributed by atoms with Crippen molar-refractivity contribution in [2.24, 2.45) is 5.92 Å². The lowest BCUT2D eigenvalue weighted by Gasteiger charge is -2.46. The summed E-state index contributed by atoms with van der Waals surface area (Å²) in [6.45, 7) is 4.84. The SMILES string of the molecule is C[C@@H]1OCCOCCCCC2(c3ccccc3)C(=O)NCC[C@@H]12. The van der Waals surface area contributed by atoms with Gasteiger partial charge in [0, 0.05) is 19.1 Å². The molecule has 1 aromatic rings. The summed E-state index contributed by atoms with van der Waals surface area (Å²) in [5, 5.41) is 3.12. The third-order valence-corrected chi connectivity index (χ3v) is 5.35. The van der Waals surface area contributed by atoms with E-state index < -0.39 is 5.41 Å². The highest BCUT2D eigenvalue weighted by Crippen LogP contribution is 2.44. The van der Waals surface area contributed by atoms with Crippen LogP contribution in [0.5, 0.6) is 0 Å². The van der Waals surface area contributed by atoms with Crippen molar-refractivity contribution in [2.75, 3.05) is 26.4 Å². The number of fused-ring (bicyclic) bond motifs is 1. The average molecular weight is 317 g/mol. The molecular weight excluding hydrogens is 290 g/mol. The Balaban J connectivity index is 2.01. The standard InChI is InChI=1S/C19H27NO3/c1-15-17-9-11-20-18(21)19(17,16-7-3-2-4-8-16)10-5-6-12-22-13-14-23-15/h2-4,7-8,15,17H,5-6,9-14H2,1H3,(H,20,21)/t15-,17-,19?/m0/s1. The van der Waals surface area contributed by atoms with Gasteiger partial charge in [0.2, 0.25) is 5.91 Å². The molecule has 23 heavy (non-hydrogen) atoms. The van der Waals surface area contributed by atoms with Crippen LogP contribution in [0.1, 0.15) is 38.2 Å². The lowest BCUT2D eigenvalue weighted by atomic mass is 9.62. The maximum Gasteiger partial charge on any atom is 0.231 e. The monoisotopic (exact) mass is 317 g/mol. The topological polar surface area (TPSA) is 47.6 Å². The fraction of sp³-hybridized carbons (Fsp3) is 0.632. The van der Waals surface area contributed by atoms with E-state index in [0.29, 0.717) is 13.2 Å². The molecule has 3 atom stereocenters. The summed E-state index contributed by atoms with van der Waals surface area (Å²) in [5.74, 6) is 0.368. The molecule has 126 valence electrons. The van der Waals surface area contributed by atoms with E-state index in [1.54, 1.807) is 0 Å². The Hall–Kier alpha value is -1.39. The van der Waals surface area contributed by atoms with Gasteiger partial charge in [-0.25, -0.2) is 0 Å². The summed E-state index contributed by atoms with van der Waals surface area (Å²) < 4.78 is 11.6. The average Bonchev–Trinajstić information content (AvgIpc) is 2.62. The second-order valence-electron chi connectivity index (χ2n) is 6.63. The van der Waals surface area contributed by atoms with Crippen molar-refractivity contribution < 1.29 is 14.3 Å². The van der Waals surface area contributed by atoms with Crippen LogP contribution in [0.3, 0.4) is 0 Å². The number of carbonyl (C=O) groups excluding carboxylic acids is 1. The van der Waals surface area contributed by atoms with E-state index in [1.807, 2.05) is 18.2 Å². The van der Waals surface area contributed by atoms with Gasteiger partial charge in [-0.2, -0.15) is 0 Å². The molecule has 0 aromatic heterocycles. The number of nitrogens with one attached hydrogen (secondary N) is 1. The van der Waals surface area contributed by atoms with Crippen LogP contribution in [0, 0.1) is 5.92 Å². The summed E-state index contributed by atoms with van der Waals surface area (Å²) in [6.07, 6.45) is 3.84. The van der Waals surface area contributed by atoms with E-state index in [0.717, 1.165) is 44.4 Å². The number of hydrogen-bond acceptors (Lipinski definition) is 3. The minimum absolute atomic E-state index is 0.0444. The zero-order valence-electron chi connectivity index (χ0n) is 13.9. The second-order valence-corrected chi connectivity index (χ2v) is 6.63. The molecule has 0 radical (unpaired) electrons. The van der Waals surface area contributed by atoms with Crippen molar-refractivity contribution in [1.29, 1.82) is 0 Å². The fourth-order valence-corrected chi connectivity index (χ4v) is 4.19. The molecule has 0 spiro atoms. The summed E-state index contributed by atoms with van der Waals surface area (Å²) >= 11 is 0. The molecule has 4 nitrogen and oxygen atoms in total. The predicted octanol–water partition coefficient (Wildman–Crippen LogP) is 2.67. The van der Waals surface area contributed by atoms with Gasteiger partial charge in [-0.1, -0.05) is 30.3 Å². The molecule has 1 amide bonds. The van der Waals surface area contributed by atoms with Gasteiger partial charge in [-0.3, -0.25) is 4.79 Å². The molecular formula is C19H27NO3. The second kappa shape index (κ2) is 7.45. The normalized spacial score (nSPS) is 33.2. The van der Waals surface area contributed by atoms with Crippen LogP contribution in [-0.4, -0.2) is 38.4 Å². The van der Waals surface area contributed by atoms with Crippen molar-refractivity contribution >= 4 is 5.91 Å². The van der Waals surface area contributed by atoms with Gasteiger partial charge in [-0.15, -0.1) is 0 Å². The predicted molar refractivity (Wildman–Crippen MR) is 89.3 cm³/mol. The summed E-state index contributed by atoms with van der Waals surface area (Å²) in [7, 11) is 0. The molecule has 1 aromatic carbocycles. The minimum Gasteiger partial charge on any atom is -0.379 e. The number of carbonyl (C=O) groups is 1. The maximum atomic E-state index is 13.0. The van der Waals surface area contributed by atoms with Crippen LogP contribution in [0.25, 0.3) is 0 Å². The van der Waals surface area contributed by atoms with E-state index in [-0.39, 0.29) is 17.9 Å². The Morgan fingerprint density at radius 2 is 1.96 bits per heavy atom. The molecule has 2 fully saturated rings. The highest BCUT2D eigenvalue weighted by atomic mass is 16.5. The lowest BCUT2D eigenvalue weighted by molar-refractivity contribution is -0.136. The number of amides is 1. The number of benzene rings is 1. The first-order valence-electron chi connectivity index (χ1n) is 8.78. The highest BCUT2D eigenvalue weighted by Gasteiger charge is 2.50. The molecule has 1 unspecified atom stereocenters. The van der Waals surface area contributed by atoms with E-state index in [4.69, 9.17) is 9.47 Å². The van der Waals surface area contributed by atoms with Gasteiger partial charge in [0.05, 0.1) is 24.7 Å². The zero-order chi connectivity index (χ0) is 16.1. The van der Waals surface area contributed by atoms with Crippen LogP contribution in [0.4, 0.5) is 0 Å². The largest absolute Gasteiger partial charge is 0.379 e. The first-order valence-corrected chi connectivity index (χ1v) is 8.78. The van der Waals surface area contributed by atoms with E-state index in [9.17, 15) is 4.79 Å². The molecule has 2 saturated heterocycles. The number of rotatable bonds is 1. The fourth-order valence-electron chi connectivity index (χ4n) is 4.19. The first-order chi connectivity index (χ1) is 11.2. The maximum absolute atomic E-state index is 13.0. The summed E-state index contributed by atoms with van der Waals surface area (Å²) in [4.78, 5) is 13.0. The Bertz CT molecular complexity index is 519. The van der Waals surface area contributed by atoms with Crippen molar-refractivity contribution in [1.82, 2.24) is 5.32 Å². The molecule has 3 rings (SSSR count). The third kappa shape index (κ3) is 3.29. The summed E-state index contributed by atoms with van der Waals surface area (Å²) in [6, 6.07) is 10.3. The van der Waals surface area contributed by atoms with E-state index in [2.05, 4.69) is 24.4 Å². The molecule has 4 heteroatoms. The van der Waals surface area contributed by atoms with Gasteiger partial charge >= 0.3 is 0 Å². The lowest BCUT2D eigenvalue weighted by Crippen LogP contribution is -2.57. The van der Waals surface area contributed by atoms with Gasteiger partial charge in [0.25, 0.3) is 0 Å². The van der Waals surface area contributed by atoms with Crippen molar-refractivity contribution in [3.05, 3.63) is 35.9 Å². The van der Waals surface area contributed by atoms with Gasteiger partial charge in [-0.05, 0) is 38.2 Å². The highest BCUT2D eigenvalue weighted by molar-refractivity contribution is 5.89. The Morgan fingerprint density at radius 1 is 1.13 bits per heavy atom. The van der Waals surface area contributed by atoms with E-state index in [1.165, 1.54) is 0 Å². The Kier molecular flexibility index (Phi) is 5.34. The van der Waals surface area contributed by atoms with Crippen LogP contribution in [0.2, 0.25) is 0 Å². The smallest absolute Gasteiger partial charge is 0.231 e. The van der Waals surface area contributed by atoms with Crippen LogP contribution < -0.4 is 5.32 Å². The Labute approximate surface area is 138 Å². The number of piperidine rings is 1. The molecule has 2 heterocycles. The minimum atomic E-state index is -0.483. The van der Waals surface area contributed by atoms with Crippen molar-refractivity contribution in [3.8, 4) is 0 Å². The molecule has 0 bridgehead atoms. The van der Waals surface area contributed by atoms with Gasteiger partial charge in [0.1, 0.15) is 0 Å². The Morgan fingerprint density at radius 3 is 2.78 bits per heavy atom. The molecule has 1 N–H and O–H groups in total. The van der Waals surface area contributed by atoms with Crippen molar-refractivity contribution in [3.63, 3.8) is 0 Å². The van der Waals surface area contributed by atoms with E-state index >= 15 is 0 Å². The van der Waals surface area contributed by atoms with Gasteiger partial charge in [0.15, 0.2) is 0 Å². The number of hydrogen-bond donors (Lipinski definition) is 1. The van der Waals surface area contributed by atoms with Gasteiger partial charge < -0.3 is 14.8 Å².